The maximum Gasteiger partial charge on any atom is 0.0319 e. The number of hydrogen-bond donors (Lipinski definition) is 1. The summed E-state index contributed by atoms with van der Waals surface area (Å²) >= 11 is 0. The first-order chi connectivity index (χ1) is 23.4. The molecule has 0 atom stereocenters. The topological polar surface area (TPSA) is 20.2 Å². The summed E-state index contributed by atoms with van der Waals surface area (Å²) in [6, 6.07) is 39.5. The van der Waals surface area contributed by atoms with Gasteiger partial charge < -0.3 is 5.11 Å². The van der Waals surface area contributed by atoms with Crippen molar-refractivity contribution in [3.05, 3.63) is 193 Å². The van der Waals surface area contributed by atoms with Gasteiger partial charge in [0, 0.05) is 7.11 Å². The number of rotatable bonds is 7. The van der Waals surface area contributed by atoms with Gasteiger partial charge in [-0.05, 0) is 111 Å². The number of aliphatic hydroxyl groups excluding tert-OH is 1. The van der Waals surface area contributed by atoms with Crippen LogP contribution in [0.3, 0.4) is 0 Å². The molecule has 0 fully saturated rings. The van der Waals surface area contributed by atoms with E-state index in [9.17, 15) is 0 Å². The fourth-order valence-electron chi connectivity index (χ4n) is 6.04. The lowest BCUT2D eigenvalue weighted by Gasteiger charge is -2.17. The second kappa shape index (κ2) is 17.4. The van der Waals surface area contributed by atoms with E-state index in [0.717, 1.165) is 12.7 Å². The van der Waals surface area contributed by atoms with E-state index in [4.69, 9.17) is 5.11 Å². The minimum absolute atomic E-state index is 1.00. The number of allylic oxidation sites excluding steroid dienone is 10. The van der Waals surface area contributed by atoms with Gasteiger partial charge in [0.2, 0.25) is 0 Å². The van der Waals surface area contributed by atoms with E-state index in [1.807, 2.05) is 31.2 Å². The molecule has 240 valence electrons. The van der Waals surface area contributed by atoms with Gasteiger partial charge in [0.05, 0.1) is 0 Å². The Labute approximate surface area is 286 Å². The summed E-state index contributed by atoms with van der Waals surface area (Å²) in [5.41, 5.74) is 9.76. The van der Waals surface area contributed by atoms with Crippen molar-refractivity contribution in [3.8, 4) is 11.1 Å². The second-order valence-corrected chi connectivity index (χ2v) is 11.5. The molecular formula is C47H46O. The Bertz CT molecular complexity index is 2150. The highest BCUT2D eigenvalue weighted by Gasteiger charge is 2.15. The first-order valence-electron chi connectivity index (χ1n) is 16.3. The summed E-state index contributed by atoms with van der Waals surface area (Å²) in [6.45, 7) is 16.3. The largest absolute Gasteiger partial charge is 0.400 e. The zero-order valence-electron chi connectivity index (χ0n) is 28.9. The number of fused-ring (bicyclic) bond motifs is 6. The Kier molecular flexibility index (Phi) is 12.8. The molecule has 0 aliphatic heterocycles. The Morgan fingerprint density at radius 2 is 1.29 bits per heavy atom. The van der Waals surface area contributed by atoms with E-state index in [1.54, 1.807) is 6.08 Å². The van der Waals surface area contributed by atoms with E-state index >= 15 is 0 Å². The number of aliphatic hydroxyl groups is 1. The predicted octanol–water partition coefficient (Wildman–Crippen LogP) is 13.0. The molecule has 48 heavy (non-hydrogen) atoms. The third kappa shape index (κ3) is 8.07. The summed E-state index contributed by atoms with van der Waals surface area (Å²) in [6.07, 6.45) is 15.9. The highest BCUT2D eigenvalue weighted by Crippen LogP contribution is 2.42. The molecule has 6 aromatic carbocycles. The summed E-state index contributed by atoms with van der Waals surface area (Å²) in [5, 5.41) is 14.9. The van der Waals surface area contributed by atoms with Gasteiger partial charge in [-0.2, -0.15) is 0 Å². The van der Waals surface area contributed by atoms with Crippen LogP contribution in [0, 0.1) is 13.8 Å². The summed E-state index contributed by atoms with van der Waals surface area (Å²) in [4.78, 5) is 0. The number of aryl methyl sites for hydroxylation is 2. The molecule has 0 aromatic heterocycles. The molecule has 0 amide bonds. The quantitative estimate of drug-likeness (QED) is 0.138. The van der Waals surface area contributed by atoms with Crippen LogP contribution in [0.1, 0.15) is 36.1 Å². The van der Waals surface area contributed by atoms with Gasteiger partial charge >= 0.3 is 0 Å². The molecular weight excluding hydrogens is 581 g/mol. The van der Waals surface area contributed by atoms with Crippen molar-refractivity contribution in [2.24, 2.45) is 0 Å². The summed E-state index contributed by atoms with van der Waals surface area (Å²) in [7, 11) is 1.00. The highest BCUT2D eigenvalue weighted by molar-refractivity contribution is 6.29. The van der Waals surface area contributed by atoms with Gasteiger partial charge in [0.1, 0.15) is 0 Å². The Morgan fingerprint density at radius 1 is 0.625 bits per heavy atom. The summed E-state index contributed by atoms with van der Waals surface area (Å²) < 4.78 is 0. The van der Waals surface area contributed by atoms with Crippen LogP contribution in [-0.4, -0.2) is 12.2 Å². The molecule has 0 saturated carbocycles. The molecule has 1 N–H and O–H groups in total. The zero-order valence-corrected chi connectivity index (χ0v) is 28.9. The Hall–Kier alpha value is -5.50. The minimum atomic E-state index is 1.00. The molecule has 0 unspecified atom stereocenters. The second-order valence-electron chi connectivity index (χ2n) is 11.5. The van der Waals surface area contributed by atoms with Gasteiger partial charge in [0.25, 0.3) is 0 Å². The lowest BCUT2D eigenvalue weighted by molar-refractivity contribution is 0.399. The first-order valence-corrected chi connectivity index (χ1v) is 16.3. The van der Waals surface area contributed by atoms with Crippen molar-refractivity contribution < 1.29 is 5.11 Å². The summed E-state index contributed by atoms with van der Waals surface area (Å²) in [5.74, 6) is 0. The third-order valence-corrected chi connectivity index (χ3v) is 8.41. The van der Waals surface area contributed by atoms with Crippen LogP contribution in [-0.2, 0) is 0 Å². The van der Waals surface area contributed by atoms with Crippen LogP contribution >= 0.6 is 0 Å². The van der Waals surface area contributed by atoms with Crippen LogP contribution in [0.25, 0.3) is 54.6 Å². The van der Waals surface area contributed by atoms with Crippen LogP contribution in [0.4, 0.5) is 0 Å². The van der Waals surface area contributed by atoms with E-state index in [1.165, 1.54) is 71.3 Å². The molecule has 0 aliphatic carbocycles. The van der Waals surface area contributed by atoms with Crippen molar-refractivity contribution in [1.29, 1.82) is 0 Å². The molecule has 6 rings (SSSR count). The van der Waals surface area contributed by atoms with Crippen molar-refractivity contribution >= 4 is 43.5 Å². The molecule has 0 saturated heterocycles. The standard InChI is InChI=1S/C39H32.C7H10.CH4O/c1-26(14-12-15-28(3)32-18-9-8-13-27(32)2)31-22-24-36-37(25-31)34-19-10-11-20-35(34)39-33(23-21-29(4)38(36)39)30-16-6-5-7-17-30;1-3-5-7-6-4-2;1-2/h5-25H,3H2,1-2,4H3;3-7H,1H2,2H3;2H,1H3/b15-12-,26-14+;6-4-,7-5-;. The fraction of sp³-hybridized carbons (Fsp3) is 0.106. The normalized spacial score (nSPS) is 11.6. The monoisotopic (exact) mass is 626 g/mol. The Balaban J connectivity index is 0.000000516. The van der Waals surface area contributed by atoms with Crippen molar-refractivity contribution in [3.63, 3.8) is 0 Å². The number of hydrogen-bond acceptors (Lipinski definition) is 1. The van der Waals surface area contributed by atoms with Crippen LogP contribution in [0.2, 0.25) is 0 Å². The van der Waals surface area contributed by atoms with Gasteiger partial charge in [0.15, 0.2) is 0 Å². The van der Waals surface area contributed by atoms with Crippen molar-refractivity contribution in [2.45, 2.75) is 27.7 Å². The molecule has 1 nitrogen and oxygen atoms in total. The molecule has 6 aromatic rings. The third-order valence-electron chi connectivity index (χ3n) is 8.41. The molecule has 0 aliphatic rings. The molecule has 1 heteroatoms. The Morgan fingerprint density at radius 3 is 2.00 bits per heavy atom. The lowest BCUT2D eigenvalue weighted by Crippen LogP contribution is -1.91. The molecule has 0 heterocycles. The molecule has 0 radical (unpaired) electrons. The maximum absolute atomic E-state index is 7.00. The van der Waals surface area contributed by atoms with Crippen molar-refractivity contribution in [2.75, 3.05) is 7.11 Å². The lowest BCUT2D eigenvalue weighted by atomic mass is 9.86. The van der Waals surface area contributed by atoms with Crippen LogP contribution in [0.15, 0.2) is 171 Å². The van der Waals surface area contributed by atoms with Crippen molar-refractivity contribution in [1.82, 2.24) is 0 Å². The van der Waals surface area contributed by atoms with E-state index in [0.29, 0.717) is 0 Å². The van der Waals surface area contributed by atoms with Gasteiger partial charge in [-0.15, -0.1) is 0 Å². The van der Waals surface area contributed by atoms with E-state index < -0.39 is 0 Å². The van der Waals surface area contributed by atoms with Gasteiger partial charge in [-0.1, -0.05) is 165 Å². The van der Waals surface area contributed by atoms with Gasteiger partial charge in [-0.25, -0.2) is 0 Å². The minimum Gasteiger partial charge on any atom is -0.400 e. The highest BCUT2D eigenvalue weighted by atomic mass is 16.2. The van der Waals surface area contributed by atoms with E-state index in [-0.39, 0.29) is 0 Å². The zero-order chi connectivity index (χ0) is 34.5. The number of benzene rings is 6. The predicted molar refractivity (Wildman–Crippen MR) is 214 cm³/mol. The maximum atomic E-state index is 7.00. The molecule has 0 bridgehead atoms. The van der Waals surface area contributed by atoms with Gasteiger partial charge in [-0.3, -0.25) is 0 Å². The average Bonchev–Trinajstić information content (AvgIpc) is 3.13. The smallest absolute Gasteiger partial charge is 0.0319 e. The first kappa shape index (κ1) is 35.4. The SMILES string of the molecule is C=C(/C=C\C=C(/C)c1ccc2c(c1)c1ccccc1c1c(-c3ccccc3)ccc(C)c21)c1ccccc1C.C=C/C=C\C=C/C.CO. The molecule has 0 spiro atoms. The van der Waals surface area contributed by atoms with E-state index in [2.05, 4.69) is 161 Å². The van der Waals surface area contributed by atoms with Crippen LogP contribution < -0.4 is 0 Å². The average molecular weight is 627 g/mol. The fourth-order valence-corrected chi connectivity index (χ4v) is 6.04. The van der Waals surface area contributed by atoms with Crippen LogP contribution in [0.5, 0.6) is 0 Å².